The number of nitrogens with zero attached hydrogens (tertiary/aromatic N) is 4. The molecule has 5 rings (SSSR count). The lowest BCUT2D eigenvalue weighted by Crippen LogP contribution is -2.49. The number of methoxy groups -OCH3 is 2. The van der Waals surface area contributed by atoms with Crippen LogP contribution in [0.5, 0.6) is 11.5 Å². The molecular weight excluding hydrogens is 450 g/mol. The van der Waals surface area contributed by atoms with E-state index in [-0.39, 0.29) is 18.0 Å². The molecular formula is C25H29N5O5. The van der Waals surface area contributed by atoms with E-state index in [0.29, 0.717) is 47.2 Å². The Hall–Kier alpha value is -3.66. The van der Waals surface area contributed by atoms with E-state index in [1.807, 2.05) is 16.7 Å². The van der Waals surface area contributed by atoms with E-state index in [1.165, 1.54) is 14.2 Å². The minimum atomic E-state index is -0.411. The van der Waals surface area contributed by atoms with Crippen molar-refractivity contribution in [3.05, 3.63) is 62.9 Å². The molecule has 2 aliphatic heterocycles. The summed E-state index contributed by atoms with van der Waals surface area (Å²) in [5, 5.41) is 8.00. The number of carbonyl (C=O) groups excluding carboxylic acids is 1. The van der Waals surface area contributed by atoms with Crippen molar-refractivity contribution in [1.82, 2.24) is 24.6 Å². The Morgan fingerprint density at radius 1 is 1.11 bits per heavy atom. The van der Waals surface area contributed by atoms with E-state index in [0.717, 1.165) is 36.4 Å². The Bertz CT molecular complexity index is 1380. The van der Waals surface area contributed by atoms with Crippen molar-refractivity contribution in [2.24, 2.45) is 5.92 Å². The van der Waals surface area contributed by atoms with Crippen molar-refractivity contribution in [3.8, 4) is 11.5 Å². The van der Waals surface area contributed by atoms with E-state index in [1.54, 1.807) is 24.4 Å². The fourth-order valence-corrected chi connectivity index (χ4v) is 5.42. The minimum Gasteiger partial charge on any atom is -0.493 e. The van der Waals surface area contributed by atoms with Gasteiger partial charge in [0.05, 0.1) is 25.8 Å². The van der Waals surface area contributed by atoms with Gasteiger partial charge in [-0.2, -0.15) is 5.10 Å². The van der Waals surface area contributed by atoms with E-state index in [4.69, 9.17) is 9.47 Å². The van der Waals surface area contributed by atoms with Crippen molar-refractivity contribution in [1.29, 1.82) is 0 Å². The number of fused-ring (bicyclic) bond motifs is 5. The van der Waals surface area contributed by atoms with Crippen molar-refractivity contribution >= 4 is 16.7 Å². The van der Waals surface area contributed by atoms with Gasteiger partial charge in [-0.05, 0) is 30.5 Å². The number of benzene rings is 1. The lowest BCUT2D eigenvalue weighted by molar-refractivity contribution is -0.122. The summed E-state index contributed by atoms with van der Waals surface area (Å²) in [6.45, 7) is 3.51. The third kappa shape index (κ3) is 4.41. The first kappa shape index (κ1) is 23.1. The lowest BCUT2D eigenvalue weighted by Gasteiger charge is -2.42. The number of pyridine rings is 1. The van der Waals surface area contributed by atoms with Crippen LogP contribution < -0.4 is 25.9 Å². The third-order valence-corrected chi connectivity index (χ3v) is 6.96. The summed E-state index contributed by atoms with van der Waals surface area (Å²) < 4.78 is 13.7. The Labute approximate surface area is 202 Å². The zero-order chi connectivity index (χ0) is 24.5. The smallest absolute Gasteiger partial charge is 0.279 e. The summed E-state index contributed by atoms with van der Waals surface area (Å²) in [5.41, 5.74) is 0.772. The van der Waals surface area contributed by atoms with Crippen LogP contribution >= 0.6 is 0 Å². The summed E-state index contributed by atoms with van der Waals surface area (Å²) in [6.07, 6.45) is 2.64. The molecule has 1 saturated heterocycles. The standard InChI is InChI=1S/C25H29N5O5/c1-34-20-7-6-17-11-27-30(25(33)23(17)24(20)35-2)15-21(31)26-8-9-28-12-16-10-18(14-28)19-4-3-5-22(32)29(19)13-16/h3-7,11,16,18H,8-10,12-15H2,1-2H3,(H,26,31)/t16-,18+/m1/s1. The molecule has 0 aliphatic carbocycles. The van der Waals surface area contributed by atoms with Crippen molar-refractivity contribution < 1.29 is 14.3 Å². The van der Waals surface area contributed by atoms with E-state index in [2.05, 4.69) is 15.3 Å². The predicted molar refractivity (Wildman–Crippen MR) is 130 cm³/mol. The highest BCUT2D eigenvalue weighted by Gasteiger charge is 2.34. The van der Waals surface area contributed by atoms with Gasteiger partial charge >= 0.3 is 0 Å². The first-order valence-electron chi connectivity index (χ1n) is 11.8. The van der Waals surface area contributed by atoms with Crippen molar-refractivity contribution in [3.63, 3.8) is 0 Å². The highest BCUT2D eigenvalue weighted by atomic mass is 16.5. The number of likely N-dealkylation sites (tertiary alicyclic amines) is 1. The molecule has 2 bridgehead atoms. The predicted octanol–water partition coefficient (Wildman–Crippen LogP) is 0.811. The van der Waals surface area contributed by atoms with Gasteiger partial charge in [-0.15, -0.1) is 0 Å². The number of ether oxygens (including phenoxy) is 2. The van der Waals surface area contributed by atoms with Crippen LogP contribution in [0, 0.1) is 5.92 Å². The van der Waals surface area contributed by atoms with Gasteiger partial charge in [-0.25, -0.2) is 4.68 Å². The molecule has 10 nitrogen and oxygen atoms in total. The van der Waals surface area contributed by atoms with Gasteiger partial charge in [-0.3, -0.25) is 14.4 Å². The Morgan fingerprint density at radius 3 is 2.77 bits per heavy atom. The summed E-state index contributed by atoms with van der Waals surface area (Å²) in [5.74, 6) is 1.25. The van der Waals surface area contributed by atoms with Gasteiger partial charge in [0, 0.05) is 55.8 Å². The number of hydrogen-bond donors (Lipinski definition) is 1. The number of piperidine rings is 1. The highest BCUT2D eigenvalue weighted by molar-refractivity contribution is 5.89. The Balaban J connectivity index is 1.21. The van der Waals surface area contributed by atoms with Crippen LogP contribution in [-0.2, 0) is 17.9 Å². The average molecular weight is 480 g/mol. The topological polar surface area (TPSA) is 108 Å². The third-order valence-electron chi connectivity index (χ3n) is 6.96. The second kappa shape index (κ2) is 9.53. The molecule has 2 aliphatic rings. The molecule has 0 radical (unpaired) electrons. The van der Waals surface area contributed by atoms with E-state index >= 15 is 0 Å². The number of carbonyl (C=O) groups is 1. The fourth-order valence-electron chi connectivity index (χ4n) is 5.42. The molecule has 0 unspecified atom stereocenters. The Kier molecular flexibility index (Phi) is 6.29. The van der Waals surface area contributed by atoms with Crippen LogP contribution in [0.3, 0.4) is 0 Å². The van der Waals surface area contributed by atoms with E-state index in [9.17, 15) is 14.4 Å². The molecule has 4 heterocycles. The van der Waals surface area contributed by atoms with Gasteiger partial charge in [-0.1, -0.05) is 6.07 Å². The van der Waals surface area contributed by atoms with Crippen LogP contribution in [0.4, 0.5) is 0 Å². The molecule has 2 aromatic heterocycles. The first-order valence-corrected chi connectivity index (χ1v) is 11.8. The number of rotatable bonds is 7. The number of nitrogens with one attached hydrogen (secondary N) is 1. The molecule has 1 fully saturated rings. The van der Waals surface area contributed by atoms with Crippen LogP contribution in [0.1, 0.15) is 18.0 Å². The highest BCUT2D eigenvalue weighted by Crippen LogP contribution is 2.35. The maximum Gasteiger partial charge on any atom is 0.279 e. The van der Waals surface area contributed by atoms with Crippen LogP contribution in [0.15, 0.2) is 46.1 Å². The maximum absolute atomic E-state index is 13.0. The van der Waals surface area contributed by atoms with Crippen LogP contribution in [-0.4, -0.2) is 65.6 Å². The summed E-state index contributed by atoms with van der Waals surface area (Å²) in [6, 6.07) is 8.96. The zero-order valence-electron chi connectivity index (χ0n) is 19.9. The molecule has 1 aromatic carbocycles. The molecule has 0 saturated carbocycles. The SMILES string of the molecule is COc1ccc2cnn(CC(=O)NCCN3C[C@H]4C[C@@H](C3)c3cccc(=O)n3C4)c(=O)c2c1OC. The number of hydrogen-bond acceptors (Lipinski definition) is 7. The normalized spacial score (nSPS) is 19.3. The Morgan fingerprint density at radius 2 is 1.97 bits per heavy atom. The van der Waals surface area contributed by atoms with E-state index < -0.39 is 5.56 Å². The second-order valence-corrected chi connectivity index (χ2v) is 9.18. The number of amides is 1. The van der Waals surface area contributed by atoms with Crippen LogP contribution in [0.25, 0.3) is 10.8 Å². The fraction of sp³-hybridized carbons (Fsp3) is 0.440. The van der Waals surface area contributed by atoms with Crippen molar-refractivity contribution in [2.75, 3.05) is 40.4 Å². The van der Waals surface area contributed by atoms with Gasteiger partial charge in [0.25, 0.3) is 11.1 Å². The van der Waals surface area contributed by atoms with Gasteiger partial charge in [0.1, 0.15) is 6.54 Å². The average Bonchev–Trinajstić information content (AvgIpc) is 2.85. The molecule has 0 spiro atoms. The summed E-state index contributed by atoms with van der Waals surface area (Å²) >= 11 is 0. The van der Waals surface area contributed by atoms with Crippen LogP contribution in [0.2, 0.25) is 0 Å². The van der Waals surface area contributed by atoms with Gasteiger partial charge < -0.3 is 24.3 Å². The monoisotopic (exact) mass is 479 g/mol. The maximum atomic E-state index is 13.0. The first-order chi connectivity index (χ1) is 17.0. The zero-order valence-corrected chi connectivity index (χ0v) is 19.9. The van der Waals surface area contributed by atoms with Gasteiger partial charge in [0.2, 0.25) is 5.91 Å². The minimum absolute atomic E-state index is 0.0755. The molecule has 3 aromatic rings. The van der Waals surface area contributed by atoms with Crippen molar-refractivity contribution in [2.45, 2.75) is 25.4 Å². The quantitative estimate of drug-likeness (QED) is 0.534. The molecule has 184 valence electrons. The molecule has 35 heavy (non-hydrogen) atoms. The molecule has 1 N–H and O–H groups in total. The number of aromatic nitrogens is 3. The summed E-state index contributed by atoms with van der Waals surface area (Å²) in [4.78, 5) is 40.2. The van der Waals surface area contributed by atoms with Gasteiger partial charge in [0.15, 0.2) is 11.5 Å². The largest absolute Gasteiger partial charge is 0.493 e. The molecule has 10 heteroatoms. The molecule has 1 amide bonds. The second-order valence-electron chi connectivity index (χ2n) is 9.18. The molecule has 2 atom stereocenters. The lowest BCUT2D eigenvalue weighted by atomic mass is 9.83. The summed E-state index contributed by atoms with van der Waals surface area (Å²) in [7, 11) is 2.98.